The monoisotopic (exact) mass is 352 g/mol. The van der Waals surface area contributed by atoms with E-state index in [4.69, 9.17) is 0 Å². The quantitative estimate of drug-likeness (QED) is 0.661. The van der Waals surface area contributed by atoms with Gasteiger partial charge in [-0.25, -0.2) is 0 Å². The SMILES string of the molecule is Cl.Cl.[CH3][Zr]([CH3])(=[SiH2])([C]1=CC=CC1)[C]1=CC=CC1. The molecule has 0 bridgehead atoms. The van der Waals surface area contributed by atoms with Gasteiger partial charge in [-0.05, 0) is 0 Å². The summed E-state index contributed by atoms with van der Waals surface area (Å²) in [4.78, 5) is 0. The Morgan fingerprint density at radius 2 is 1.31 bits per heavy atom. The van der Waals surface area contributed by atoms with Gasteiger partial charge in [-0.15, -0.1) is 24.8 Å². The number of allylic oxidation sites excluding steroid dienone is 8. The van der Waals surface area contributed by atoms with Gasteiger partial charge in [0.25, 0.3) is 0 Å². The second kappa shape index (κ2) is 5.52. The van der Waals surface area contributed by atoms with Crippen LogP contribution in [0.1, 0.15) is 12.8 Å². The van der Waals surface area contributed by atoms with Crippen molar-refractivity contribution in [2.75, 3.05) is 0 Å². The van der Waals surface area contributed by atoms with Crippen LogP contribution in [0, 0.1) is 0 Å². The van der Waals surface area contributed by atoms with E-state index < -0.39 is 17.4 Å². The Hall–Kier alpha value is 0.640. The van der Waals surface area contributed by atoms with Gasteiger partial charge in [-0.2, -0.15) is 0 Å². The molecule has 0 N–H and O–H groups in total. The Morgan fingerprint density at radius 3 is 1.56 bits per heavy atom. The van der Waals surface area contributed by atoms with Crippen LogP contribution in [-0.2, 0) is 17.4 Å². The zero-order valence-electron chi connectivity index (χ0n) is 9.90. The van der Waals surface area contributed by atoms with Crippen LogP contribution in [0.15, 0.2) is 43.0 Å². The predicted octanol–water partition coefficient (Wildman–Crippen LogP) is 3.85. The average Bonchev–Trinajstić information content (AvgIpc) is 2.78. The van der Waals surface area contributed by atoms with Crippen molar-refractivity contribution >= 4 is 31.7 Å². The Morgan fingerprint density at radius 1 is 0.938 bits per heavy atom. The fourth-order valence-electron chi connectivity index (χ4n) is 2.29. The Labute approximate surface area is 113 Å². The summed E-state index contributed by atoms with van der Waals surface area (Å²) in [7, 11) is 0. The van der Waals surface area contributed by atoms with Crippen LogP contribution in [0.2, 0.25) is 9.26 Å². The molecule has 2 aliphatic carbocycles. The van der Waals surface area contributed by atoms with E-state index in [0.29, 0.717) is 0 Å². The summed E-state index contributed by atoms with van der Waals surface area (Å²) in [5.74, 6) is 0. The standard InChI is InChI=1S/2C5H5.2CH3.2ClH.H2Si.Zr/c2*1-2-4-5-3-1;;;;;;/h2*1-3H,4H2;2*1H3;2*1H;1H2;. The maximum absolute atomic E-state index is 2.62. The van der Waals surface area contributed by atoms with Crippen molar-refractivity contribution in [1.82, 2.24) is 0 Å². The van der Waals surface area contributed by atoms with E-state index in [2.05, 4.69) is 52.6 Å². The van der Waals surface area contributed by atoms with Crippen LogP contribution in [0.3, 0.4) is 0 Å². The molecule has 0 amide bonds. The molecule has 2 aliphatic rings. The molecule has 0 heterocycles. The van der Waals surface area contributed by atoms with E-state index in [1.54, 1.807) is 6.56 Å². The van der Waals surface area contributed by atoms with Gasteiger partial charge < -0.3 is 0 Å². The molecule has 16 heavy (non-hydrogen) atoms. The number of halogens is 2. The van der Waals surface area contributed by atoms with E-state index >= 15 is 0 Å². The topological polar surface area (TPSA) is 0 Å². The third kappa shape index (κ3) is 2.90. The summed E-state index contributed by atoms with van der Waals surface area (Å²) in [5, 5.41) is 0. The minimum atomic E-state index is -2.62. The molecule has 0 aromatic carbocycles. The van der Waals surface area contributed by atoms with E-state index in [1.807, 2.05) is 0 Å². The molecule has 4 heteroatoms. The Kier molecular flexibility index (Phi) is 5.74. The summed E-state index contributed by atoms with van der Waals surface area (Å²) in [6.07, 6.45) is 16.2. The Balaban J connectivity index is 0.00000112. The molecule has 0 aromatic rings. The van der Waals surface area contributed by atoms with Crippen molar-refractivity contribution in [1.29, 1.82) is 0 Å². The zero-order chi connectivity index (χ0) is 10.3. The van der Waals surface area contributed by atoms with E-state index in [9.17, 15) is 0 Å². The summed E-state index contributed by atoms with van der Waals surface area (Å²) in [5.41, 5.74) is 0. The molecule has 0 atom stereocenters. The first-order valence-corrected chi connectivity index (χ1v) is 18.6. The molecule has 0 nitrogen and oxygen atoms in total. The molecule has 2 rings (SSSR count). The first kappa shape index (κ1) is 16.6. The van der Waals surface area contributed by atoms with Crippen molar-refractivity contribution in [2.24, 2.45) is 0 Å². The van der Waals surface area contributed by atoms with Crippen LogP contribution in [0.4, 0.5) is 0 Å². The van der Waals surface area contributed by atoms with Gasteiger partial charge in [0.1, 0.15) is 0 Å². The third-order valence-electron chi connectivity index (χ3n) is 3.60. The van der Waals surface area contributed by atoms with Crippen molar-refractivity contribution in [2.45, 2.75) is 22.1 Å². The van der Waals surface area contributed by atoms with Gasteiger partial charge in [0, 0.05) is 0 Å². The molecule has 0 unspecified atom stereocenters. The van der Waals surface area contributed by atoms with Gasteiger partial charge >= 0.3 is 89.4 Å². The first-order valence-electron chi connectivity index (χ1n) is 5.29. The first-order chi connectivity index (χ1) is 6.49. The van der Waals surface area contributed by atoms with Crippen molar-refractivity contribution in [3.05, 3.63) is 43.0 Å². The van der Waals surface area contributed by atoms with Crippen LogP contribution in [0.5, 0.6) is 0 Å². The summed E-state index contributed by atoms with van der Waals surface area (Å²) < 4.78 is 8.63. The fourth-order valence-corrected chi connectivity index (χ4v) is 13.3. The molecule has 0 saturated carbocycles. The second-order valence-corrected chi connectivity index (χ2v) is 34.2. The van der Waals surface area contributed by atoms with E-state index in [-0.39, 0.29) is 24.8 Å². The van der Waals surface area contributed by atoms with Crippen LogP contribution in [0.25, 0.3) is 0 Å². The van der Waals surface area contributed by atoms with Gasteiger partial charge in [0.2, 0.25) is 0 Å². The fraction of sp³-hybridized carbons (Fsp3) is 0.333. The molecule has 0 aromatic heterocycles. The molecule has 0 spiro atoms. The predicted molar refractivity (Wildman–Crippen MR) is 78.4 cm³/mol. The summed E-state index contributed by atoms with van der Waals surface area (Å²) in [6, 6.07) is 0. The summed E-state index contributed by atoms with van der Waals surface area (Å²) >= 11 is -2.62. The second-order valence-electron chi connectivity index (χ2n) is 5.33. The van der Waals surface area contributed by atoms with Gasteiger partial charge in [-0.3, -0.25) is 0 Å². The molecule has 0 fully saturated rings. The van der Waals surface area contributed by atoms with Gasteiger partial charge in [0.15, 0.2) is 0 Å². The number of hydrogen-bond acceptors (Lipinski definition) is 0. The zero-order valence-corrected chi connectivity index (χ0v) is 15.4. The molecule has 0 saturated heterocycles. The molecule has 90 valence electrons. The van der Waals surface area contributed by atoms with Crippen LogP contribution >= 0.6 is 24.8 Å². The third-order valence-corrected chi connectivity index (χ3v) is 20.9. The average molecular weight is 355 g/mol. The minimum absolute atomic E-state index is 0. The summed E-state index contributed by atoms with van der Waals surface area (Å²) in [6.45, 7) is 2.32. The van der Waals surface area contributed by atoms with Crippen molar-refractivity contribution < 1.29 is 17.4 Å². The maximum atomic E-state index is 2.57. The van der Waals surface area contributed by atoms with E-state index in [0.717, 1.165) is 0 Å². The van der Waals surface area contributed by atoms with Crippen molar-refractivity contribution in [3.8, 4) is 0 Å². The van der Waals surface area contributed by atoms with E-state index in [1.165, 1.54) is 12.8 Å². The molecule has 0 aliphatic heterocycles. The number of hydrogen-bond donors (Lipinski definition) is 0. The van der Waals surface area contributed by atoms with Crippen molar-refractivity contribution in [3.63, 3.8) is 0 Å². The normalized spacial score (nSPS) is 18.7. The number of rotatable bonds is 2. The molecular weight excluding hydrogens is 334 g/mol. The molecule has 0 radical (unpaired) electrons. The molecular formula is C12H20Cl2SiZr. The van der Waals surface area contributed by atoms with Crippen LogP contribution < -0.4 is 0 Å². The van der Waals surface area contributed by atoms with Crippen LogP contribution in [-0.4, -0.2) is 6.88 Å². The van der Waals surface area contributed by atoms with Gasteiger partial charge in [0.05, 0.1) is 0 Å². The van der Waals surface area contributed by atoms with Gasteiger partial charge in [-0.1, -0.05) is 0 Å². The Bertz CT molecular complexity index is 414.